The molecule has 3 aromatic rings. The molecule has 1 amide bonds. The highest BCUT2D eigenvalue weighted by molar-refractivity contribution is 8.00. The average molecular weight is 468 g/mol. The number of para-hydroxylation sites is 1. The van der Waals surface area contributed by atoms with Crippen molar-refractivity contribution in [1.82, 2.24) is 14.9 Å². The average Bonchev–Trinajstić information content (AvgIpc) is 3.12. The molecule has 176 valence electrons. The Balaban J connectivity index is 1.62. The van der Waals surface area contributed by atoms with Gasteiger partial charge in [-0.05, 0) is 54.5 Å². The van der Waals surface area contributed by atoms with Gasteiger partial charge in [-0.25, -0.2) is 4.68 Å². The molecule has 0 bridgehead atoms. The highest BCUT2D eigenvalue weighted by atomic mass is 32.2. The Labute approximate surface area is 200 Å². The third-order valence-electron chi connectivity index (χ3n) is 5.48. The first-order valence-corrected chi connectivity index (χ1v) is 12.0. The highest BCUT2D eigenvalue weighted by Crippen LogP contribution is 2.29. The lowest BCUT2D eigenvalue weighted by atomic mass is 9.98. The third-order valence-corrected chi connectivity index (χ3v) is 6.53. The number of amides is 1. The van der Waals surface area contributed by atoms with Gasteiger partial charge in [-0.15, -0.1) is 10.2 Å². The number of rotatable bonds is 9. The van der Waals surface area contributed by atoms with Crippen LogP contribution in [0, 0.1) is 6.92 Å². The van der Waals surface area contributed by atoms with E-state index in [4.69, 9.17) is 10.6 Å². The van der Waals surface area contributed by atoms with E-state index in [-0.39, 0.29) is 12.5 Å². The number of anilines is 1. The first kappa shape index (κ1) is 24.6. The van der Waals surface area contributed by atoms with Crippen molar-refractivity contribution in [1.29, 1.82) is 0 Å². The fourth-order valence-corrected chi connectivity index (χ4v) is 4.15. The summed E-state index contributed by atoms with van der Waals surface area (Å²) >= 11 is 1.26. The van der Waals surface area contributed by atoms with E-state index in [1.54, 1.807) is 0 Å². The molecule has 3 rings (SSSR count). The van der Waals surface area contributed by atoms with Crippen molar-refractivity contribution < 1.29 is 9.53 Å². The van der Waals surface area contributed by atoms with Gasteiger partial charge in [0.15, 0.2) is 5.82 Å². The number of aryl methyl sites for hydroxylation is 1. The number of benzene rings is 2. The van der Waals surface area contributed by atoms with Crippen LogP contribution < -0.4 is 15.9 Å². The quantitative estimate of drug-likeness (QED) is 0.330. The lowest BCUT2D eigenvalue weighted by molar-refractivity contribution is -0.115. The maximum absolute atomic E-state index is 12.9. The summed E-state index contributed by atoms with van der Waals surface area (Å²) in [7, 11) is 0. The van der Waals surface area contributed by atoms with Crippen LogP contribution in [0.1, 0.15) is 69.0 Å². The molecule has 7 nitrogen and oxygen atoms in total. The standard InChI is InChI=1S/C25H33N5O2S/c1-15(2)19-10-12-20(13-11-19)32-14-22-28-29-25(30(22)26)33-18(6)24(31)27-23-17(5)8-7-9-21(23)16(3)4/h7-13,15-16,18H,14,26H2,1-6H3,(H,27,31). The van der Waals surface area contributed by atoms with Crippen LogP contribution in [0.2, 0.25) is 0 Å². The Bertz CT molecular complexity index is 1090. The zero-order chi connectivity index (χ0) is 24.1. The number of carbonyl (C=O) groups is 1. The zero-order valence-electron chi connectivity index (χ0n) is 20.1. The smallest absolute Gasteiger partial charge is 0.237 e. The maximum Gasteiger partial charge on any atom is 0.237 e. The van der Waals surface area contributed by atoms with E-state index in [0.29, 0.717) is 22.8 Å². The van der Waals surface area contributed by atoms with E-state index >= 15 is 0 Å². The number of nitrogen functional groups attached to an aromatic ring is 1. The first-order valence-electron chi connectivity index (χ1n) is 11.2. The van der Waals surface area contributed by atoms with E-state index in [0.717, 1.165) is 22.6 Å². The summed E-state index contributed by atoms with van der Waals surface area (Å²) in [5.41, 5.74) is 4.27. The lowest BCUT2D eigenvalue weighted by Crippen LogP contribution is -2.25. The lowest BCUT2D eigenvalue weighted by Gasteiger charge is -2.18. The van der Waals surface area contributed by atoms with Gasteiger partial charge in [0.25, 0.3) is 0 Å². The van der Waals surface area contributed by atoms with Gasteiger partial charge >= 0.3 is 0 Å². The van der Waals surface area contributed by atoms with Gasteiger partial charge in [0.1, 0.15) is 12.4 Å². The molecule has 1 atom stereocenters. The van der Waals surface area contributed by atoms with Crippen molar-refractivity contribution in [3.8, 4) is 5.75 Å². The Morgan fingerprint density at radius 3 is 2.39 bits per heavy atom. The summed E-state index contributed by atoms with van der Waals surface area (Å²) in [6.07, 6.45) is 0. The minimum atomic E-state index is -0.409. The van der Waals surface area contributed by atoms with Crippen molar-refractivity contribution in [2.75, 3.05) is 11.2 Å². The Morgan fingerprint density at radius 2 is 1.76 bits per heavy atom. The summed E-state index contributed by atoms with van der Waals surface area (Å²) < 4.78 is 7.19. The molecule has 33 heavy (non-hydrogen) atoms. The molecule has 1 unspecified atom stereocenters. The van der Waals surface area contributed by atoms with Crippen LogP contribution in [0.4, 0.5) is 5.69 Å². The first-order chi connectivity index (χ1) is 15.7. The monoisotopic (exact) mass is 467 g/mol. The number of hydrogen-bond donors (Lipinski definition) is 2. The molecule has 8 heteroatoms. The fourth-order valence-electron chi connectivity index (χ4n) is 3.36. The van der Waals surface area contributed by atoms with Crippen molar-refractivity contribution in [3.05, 3.63) is 65.0 Å². The summed E-state index contributed by atoms with van der Waals surface area (Å²) in [5.74, 6) is 8.07. The molecule has 3 N–H and O–H groups in total. The van der Waals surface area contributed by atoms with E-state index in [2.05, 4.69) is 43.2 Å². The minimum Gasteiger partial charge on any atom is -0.486 e. The largest absolute Gasteiger partial charge is 0.486 e. The van der Waals surface area contributed by atoms with Crippen LogP contribution in [-0.4, -0.2) is 26.0 Å². The van der Waals surface area contributed by atoms with Crippen molar-refractivity contribution in [3.63, 3.8) is 0 Å². The second kappa shape index (κ2) is 10.7. The molecule has 1 heterocycles. The number of aromatic nitrogens is 3. The predicted molar refractivity (Wildman–Crippen MR) is 134 cm³/mol. The molecular formula is C25H33N5O2S. The highest BCUT2D eigenvalue weighted by Gasteiger charge is 2.21. The molecular weight excluding hydrogens is 434 g/mol. The van der Waals surface area contributed by atoms with Crippen molar-refractivity contribution in [2.45, 2.75) is 70.4 Å². The number of nitrogens with zero attached hydrogens (tertiary/aromatic N) is 3. The van der Waals surface area contributed by atoms with E-state index < -0.39 is 5.25 Å². The molecule has 0 aliphatic heterocycles. The number of carbonyl (C=O) groups excluding carboxylic acids is 1. The zero-order valence-corrected chi connectivity index (χ0v) is 20.9. The van der Waals surface area contributed by atoms with Crippen LogP contribution in [0.3, 0.4) is 0 Å². The molecule has 0 radical (unpaired) electrons. The summed E-state index contributed by atoms with van der Waals surface area (Å²) in [6, 6.07) is 14.0. The van der Waals surface area contributed by atoms with Crippen LogP contribution in [0.15, 0.2) is 47.6 Å². The molecule has 0 spiro atoms. The molecule has 0 aliphatic carbocycles. The van der Waals surface area contributed by atoms with Gasteiger partial charge < -0.3 is 15.9 Å². The van der Waals surface area contributed by atoms with Gasteiger partial charge in [-0.1, -0.05) is 69.8 Å². The minimum absolute atomic E-state index is 0.109. The number of hydrogen-bond acceptors (Lipinski definition) is 6. The molecule has 0 aliphatic rings. The van der Waals surface area contributed by atoms with Gasteiger partial charge in [0.2, 0.25) is 11.1 Å². The number of thioether (sulfide) groups is 1. The second-order valence-electron chi connectivity index (χ2n) is 8.72. The third kappa shape index (κ3) is 6.07. The van der Waals surface area contributed by atoms with Crippen LogP contribution >= 0.6 is 11.8 Å². The van der Waals surface area contributed by atoms with Crippen LogP contribution in [-0.2, 0) is 11.4 Å². The molecule has 0 saturated carbocycles. The SMILES string of the molecule is Cc1cccc(C(C)C)c1NC(=O)C(C)Sc1nnc(COc2ccc(C(C)C)cc2)n1N. The Morgan fingerprint density at radius 1 is 1.06 bits per heavy atom. The van der Waals surface area contributed by atoms with E-state index in [9.17, 15) is 4.79 Å². The van der Waals surface area contributed by atoms with E-state index in [1.165, 1.54) is 22.0 Å². The second-order valence-corrected chi connectivity index (χ2v) is 10.0. The predicted octanol–water partition coefficient (Wildman–Crippen LogP) is 5.25. The summed E-state index contributed by atoms with van der Waals surface area (Å²) in [5, 5.41) is 11.4. The van der Waals surface area contributed by atoms with E-state index in [1.807, 2.05) is 56.3 Å². The fraction of sp³-hybridized carbons (Fsp3) is 0.400. The molecule has 0 saturated heterocycles. The molecule has 2 aromatic carbocycles. The van der Waals surface area contributed by atoms with Gasteiger partial charge in [-0.2, -0.15) is 0 Å². The van der Waals surface area contributed by atoms with Crippen LogP contribution in [0.25, 0.3) is 0 Å². The summed E-state index contributed by atoms with van der Waals surface area (Å²) in [6.45, 7) is 12.5. The normalized spacial score (nSPS) is 12.2. The number of nitrogens with two attached hydrogens (primary N) is 1. The van der Waals surface area contributed by atoms with Crippen molar-refractivity contribution in [2.24, 2.45) is 0 Å². The topological polar surface area (TPSA) is 95.1 Å². The van der Waals surface area contributed by atoms with Gasteiger partial charge in [0, 0.05) is 5.69 Å². The Hall–Kier alpha value is -3.00. The molecule has 0 fully saturated rings. The van der Waals surface area contributed by atoms with Gasteiger partial charge in [0.05, 0.1) is 5.25 Å². The number of ether oxygens (including phenoxy) is 1. The summed E-state index contributed by atoms with van der Waals surface area (Å²) in [4.78, 5) is 12.9. The number of nitrogens with one attached hydrogen (secondary N) is 1. The Kier molecular flexibility index (Phi) is 8.02. The van der Waals surface area contributed by atoms with Gasteiger partial charge in [-0.3, -0.25) is 4.79 Å². The van der Waals surface area contributed by atoms with Crippen molar-refractivity contribution >= 4 is 23.4 Å². The van der Waals surface area contributed by atoms with Crippen LogP contribution in [0.5, 0.6) is 5.75 Å². The molecule has 1 aromatic heterocycles. The maximum atomic E-state index is 12.9.